The first-order valence-corrected chi connectivity index (χ1v) is 7.68. The second kappa shape index (κ2) is 5.68. The van der Waals surface area contributed by atoms with E-state index in [9.17, 15) is 4.39 Å². The first-order chi connectivity index (χ1) is 9.76. The Morgan fingerprint density at radius 3 is 2.80 bits per heavy atom. The van der Waals surface area contributed by atoms with Crippen LogP contribution in [-0.4, -0.2) is 0 Å². The largest absolute Gasteiger partial charge is 0.207 e. The highest BCUT2D eigenvalue weighted by molar-refractivity contribution is 7.98. The molecule has 20 heavy (non-hydrogen) atoms. The lowest BCUT2D eigenvalue weighted by Crippen LogP contribution is -1.90. The summed E-state index contributed by atoms with van der Waals surface area (Å²) in [7, 11) is 0. The van der Waals surface area contributed by atoms with Crippen molar-refractivity contribution in [2.24, 2.45) is 0 Å². The smallest absolute Gasteiger partial charge is 0.123 e. The third-order valence-electron chi connectivity index (χ3n) is 3.65. The van der Waals surface area contributed by atoms with Gasteiger partial charge in [0.2, 0.25) is 0 Å². The lowest BCUT2D eigenvalue weighted by atomic mass is 10.1. The lowest BCUT2D eigenvalue weighted by molar-refractivity contribution is 0.626. The van der Waals surface area contributed by atoms with Crippen LogP contribution in [0.4, 0.5) is 4.39 Å². The van der Waals surface area contributed by atoms with E-state index in [2.05, 4.69) is 24.3 Å². The molecule has 2 aromatic rings. The Morgan fingerprint density at radius 2 is 1.95 bits per heavy atom. The van der Waals surface area contributed by atoms with Crippen molar-refractivity contribution in [1.29, 1.82) is 5.26 Å². The van der Waals surface area contributed by atoms with Crippen molar-refractivity contribution < 1.29 is 4.39 Å². The zero-order valence-corrected chi connectivity index (χ0v) is 11.8. The van der Waals surface area contributed by atoms with Crippen molar-refractivity contribution in [3.63, 3.8) is 0 Å². The Labute approximate surface area is 122 Å². The van der Waals surface area contributed by atoms with Crippen molar-refractivity contribution in [2.45, 2.75) is 29.9 Å². The first kappa shape index (κ1) is 13.2. The topological polar surface area (TPSA) is 23.8 Å². The molecule has 0 heterocycles. The molecule has 0 saturated carbocycles. The number of nitrogens with zero attached hydrogens (tertiary/aromatic N) is 1. The predicted octanol–water partition coefficient (Wildman–Crippen LogP) is 4.48. The number of fused-ring (bicyclic) bond motifs is 1. The van der Waals surface area contributed by atoms with Gasteiger partial charge in [0.1, 0.15) is 5.82 Å². The summed E-state index contributed by atoms with van der Waals surface area (Å²) in [5, 5.41) is 9.05. The molecule has 0 N–H and O–H groups in total. The van der Waals surface area contributed by atoms with E-state index in [0.29, 0.717) is 11.3 Å². The third-order valence-corrected chi connectivity index (χ3v) is 4.69. The Hall–Kier alpha value is -1.79. The summed E-state index contributed by atoms with van der Waals surface area (Å²) < 4.78 is 13.3. The van der Waals surface area contributed by atoms with Gasteiger partial charge in [0, 0.05) is 10.6 Å². The molecule has 3 heteroatoms. The Morgan fingerprint density at radius 1 is 1.10 bits per heavy atom. The molecule has 0 aliphatic heterocycles. The molecule has 1 nitrogen and oxygen atoms in total. The maximum absolute atomic E-state index is 13.3. The Balaban J connectivity index is 1.77. The Kier molecular flexibility index (Phi) is 3.75. The van der Waals surface area contributed by atoms with Gasteiger partial charge in [0.25, 0.3) is 0 Å². The standard InChI is InChI=1S/C17H14FNS/c18-16-6-4-14(10-19)15(8-16)11-20-17-7-5-12-2-1-3-13(12)9-17/h4-9H,1-3,11H2. The van der Waals surface area contributed by atoms with Crippen LogP contribution in [0.5, 0.6) is 0 Å². The van der Waals surface area contributed by atoms with Gasteiger partial charge in [-0.2, -0.15) is 5.26 Å². The number of hydrogen-bond acceptors (Lipinski definition) is 2. The number of benzene rings is 2. The van der Waals surface area contributed by atoms with Crippen LogP contribution in [0.2, 0.25) is 0 Å². The van der Waals surface area contributed by atoms with E-state index in [0.717, 1.165) is 12.0 Å². The molecule has 2 aromatic carbocycles. The first-order valence-electron chi connectivity index (χ1n) is 6.69. The number of thioether (sulfide) groups is 1. The summed E-state index contributed by atoms with van der Waals surface area (Å²) in [4.78, 5) is 1.19. The maximum Gasteiger partial charge on any atom is 0.123 e. The van der Waals surface area contributed by atoms with Crippen LogP contribution in [0.25, 0.3) is 0 Å². The van der Waals surface area contributed by atoms with Crippen LogP contribution < -0.4 is 0 Å². The lowest BCUT2D eigenvalue weighted by Gasteiger charge is -2.06. The fourth-order valence-electron chi connectivity index (χ4n) is 2.59. The molecule has 0 unspecified atom stereocenters. The molecule has 1 aliphatic rings. The van der Waals surface area contributed by atoms with Gasteiger partial charge in [-0.1, -0.05) is 6.07 Å². The second-order valence-corrected chi connectivity index (χ2v) is 6.03. The van der Waals surface area contributed by atoms with Crippen molar-refractivity contribution in [3.05, 3.63) is 64.5 Å². The molecular formula is C17H14FNS. The monoisotopic (exact) mass is 283 g/mol. The number of nitriles is 1. The Bertz CT molecular complexity index is 688. The predicted molar refractivity (Wildman–Crippen MR) is 79.1 cm³/mol. The number of hydrogen-bond donors (Lipinski definition) is 0. The molecule has 0 fully saturated rings. The van der Waals surface area contributed by atoms with Crippen LogP contribution in [0, 0.1) is 17.1 Å². The molecule has 0 atom stereocenters. The van der Waals surface area contributed by atoms with E-state index in [4.69, 9.17) is 5.26 Å². The fraction of sp³-hybridized carbons (Fsp3) is 0.235. The van der Waals surface area contributed by atoms with E-state index < -0.39 is 0 Å². The minimum Gasteiger partial charge on any atom is -0.207 e. The third kappa shape index (κ3) is 2.71. The molecule has 0 spiro atoms. The van der Waals surface area contributed by atoms with Crippen LogP contribution in [0.3, 0.4) is 0 Å². The molecular weight excluding hydrogens is 269 g/mol. The fourth-order valence-corrected chi connectivity index (χ4v) is 3.54. The van der Waals surface area contributed by atoms with Crippen molar-refractivity contribution >= 4 is 11.8 Å². The molecule has 1 aliphatic carbocycles. The van der Waals surface area contributed by atoms with Gasteiger partial charge >= 0.3 is 0 Å². The highest BCUT2D eigenvalue weighted by atomic mass is 32.2. The van der Waals surface area contributed by atoms with E-state index in [1.54, 1.807) is 17.8 Å². The molecule has 0 bridgehead atoms. The van der Waals surface area contributed by atoms with Crippen LogP contribution >= 0.6 is 11.8 Å². The van der Waals surface area contributed by atoms with E-state index in [1.165, 1.54) is 41.0 Å². The molecule has 100 valence electrons. The zero-order valence-electron chi connectivity index (χ0n) is 11.0. The molecule has 0 aromatic heterocycles. The van der Waals surface area contributed by atoms with Crippen molar-refractivity contribution in [1.82, 2.24) is 0 Å². The van der Waals surface area contributed by atoms with Crippen molar-refractivity contribution in [2.75, 3.05) is 0 Å². The van der Waals surface area contributed by atoms with E-state index in [1.807, 2.05) is 0 Å². The van der Waals surface area contributed by atoms with Gasteiger partial charge in [-0.25, -0.2) is 4.39 Å². The summed E-state index contributed by atoms with van der Waals surface area (Å²) in [5.41, 5.74) is 4.21. The van der Waals surface area contributed by atoms with Crippen LogP contribution in [0.1, 0.15) is 28.7 Å². The molecule has 3 rings (SSSR count). The average molecular weight is 283 g/mol. The van der Waals surface area contributed by atoms with Gasteiger partial charge in [0.15, 0.2) is 0 Å². The summed E-state index contributed by atoms with van der Waals surface area (Å²) in [6.07, 6.45) is 3.59. The second-order valence-electron chi connectivity index (χ2n) is 4.99. The number of halogens is 1. The minimum atomic E-state index is -0.284. The zero-order chi connectivity index (χ0) is 13.9. The summed E-state index contributed by atoms with van der Waals surface area (Å²) in [6, 6.07) is 13.0. The van der Waals surface area contributed by atoms with Crippen LogP contribution in [-0.2, 0) is 18.6 Å². The quantitative estimate of drug-likeness (QED) is 0.776. The summed E-state index contributed by atoms with van der Waals surface area (Å²) in [6.45, 7) is 0. The summed E-state index contributed by atoms with van der Waals surface area (Å²) >= 11 is 1.66. The van der Waals surface area contributed by atoms with Gasteiger partial charge in [-0.15, -0.1) is 11.8 Å². The van der Waals surface area contributed by atoms with Gasteiger partial charge in [-0.05, 0) is 66.3 Å². The minimum absolute atomic E-state index is 0.284. The molecule has 0 radical (unpaired) electrons. The van der Waals surface area contributed by atoms with Gasteiger partial charge < -0.3 is 0 Å². The van der Waals surface area contributed by atoms with E-state index in [-0.39, 0.29) is 5.82 Å². The number of rotatable bonds is 3. The maximum atomic E-state index is 13.3. The molecule has 0 amide bonds. The number of aryl methyl sites for hydroxylation is 2. The van der Waals surface area contributed by atoms with Gasteiger partial charge in [0.05, 0.1) is 11.6 Å². The van der Waals surface area contributed by atoms with E-state index >= 15 is 0 Å². The highest BCUT2D eigenvalue weighted by Crippen LogP contribution is 2.30. The highest BCUT2D eigenvalue weighted by Gasteiger charge is 2.11. The van der Waals surface area contributed by atoms with Crippen molar-refractivity contribution in [3.8, 4) is 6.07 Å². The summed E-state index contributed by atoms with van der Waals surface area (Å²) in [5.74, 6) is 0.341. The van der Waals surface area contributed by atoms with Gasteiger partial charge in [-0.3, -0.25) is 0 Å². The molecule has 0 saturated heterocycles. The van der Waals surface area contributed by atoms with Crippen LogP contribution in [0.15, 0.2) is 41.3 Å². The normalized spacial score (nSPS) is 13.0. The SMILES string of the molecule is N#Cc1ccc(F)cc1CSc1ccc2c(c1)CCC2. The average Bonchev–Trinajstić information content (AvgIpc) is 2.92.